The smallest absolute Gasteiger partial charge is 0.221 e. The molecule has 0 saturated heterocycles. The fraction of sp³-hybridized carbons (Fsp3) is 0.273. The summed E-state index contributed by atoms with van der Waals surface area (Å²) in [4.78, 5) is 24.2. The molecular formula is C22H19Cl2N5O. The molecule has 0 radical (unpaired) electrons. The number of allylic oxidation sites excluding steroid dienone is 2. The van der Waals surface area contributed by atoms with E-state index in [2.05, 4.69) is 27.1 Å². The van der Waals surface area contributed by atoms with Gasteiger partial charge >= 0.3 is 0 Å². The predicted molar refractivity (Wildman–Crippen MR) is 118 cm³/mol. The number of benzene rings is 1. The zero-order chi connectivity index (χ0) is 21.0. The third-order valence-electron chi connectivity index (χ3n) is 6.30. The van der Waals surface area contributed by atoms with Crippen molar-refractivity contribution in [2.45, 2.75) is 12.8 Å². The fourth-order valence-corrected chi connectivity index (χ4v) is 5.45. The number of carbonyl (C=O) groups is 1. The Kier molecular flexibility index (Phi) is 4.64. The van der Waals surface area contributed by atoms with Gasteiger partial charge in [-0.05, 0) is 42.7 Å². The topological polar surface area (TPSA) is 109 Å². The van der Waals surface area contributed by atoms with Gasteiger partial charge in [0, 0.05) is 29.0 Å². The summed E-state index contributed by atoms with van der Waals surface area (Å²) in [5.74, 6) is 0.490. The highest BCUT2D eigenvalue weighted by molar-refractivity contribution is 6.35. The lowest BCUT2D eigenvalue weighted by Crippen LogP contribution is -2.34. The third kappa shape index (κ3) is 3.02. The number of hydrogen-bond donors (Lipinski definition) is 3. The first kappa shape index (κ1) is 19.3. The van der Waals surface area contributed by atoms with Crippen molar-refractivity contribution < 1.29 is 4.79 Å². The molecule has 1 amide bonds. The Morgan fingerprint density at radius 3 is 2.73 bits per heavy atom. The van der Waals surface area contributed by atoms with E-state index in [1.807, 2.05) is 18.2 Å². The first-order valence-electron chi connectivity index (χ1n) is 9.78. The van der Waals surface area contributed by atoms with E-state index in [-0.39, 0.29) is 29.6 Å². The number of nitrogens with one attached hydrogen (secondary N) is 2. The number of aromatic amines is 1. The molecule has 6 nitrogen and oxygen atoms in total. The second-order valence-corrected chi connectivity index (χ2v) is 8.78. The normalized spacial score (nSPS) is 24.6. The molecule has 4 atom stereocenters. The van der Waals surface area contributed by atoms with Gasteiger partial charge in [0.1, 0.15) is 5.82 Å². The van der Waals surface area contributed by atoms with Gasteiger partial charge in [-0.2, -0.15) is 0 Å². The number of hydrogen-bond acceptors (Lipinski definition) is 4. The first-order valence-corrected chi connectivity index (χ1v) is 10.5. The summed E-state index contributed by atoms with van der Waals surface area (Å²) in [6.07, 6.45) is 7.08. The Balaban J connectivity index is 1.53. The lowest BCUT2D eigenvalue weighted by Gasteiger charge is -2.26. The van der Waals surface area contributed by atoms with E-state index in [4.69, 9.17) is 34.3 Å². The molecule has 30 heavy (non-hydrogen) atoms. The molecule has 2 aliphatic rings. The molecule has 1 fully saturated rings. The summed E-state index contributed by atoms with van der Waals surface area (Å²) >= 11 is 12.8. The number of fused-ring (bicyclic) bond motifs is 3. The summed E-state index contributed by atoms with van der Waals surface area (Å²) in [5, 5.41) is 9.76. The summed E-state index contributed by atoms with van der Waals surface area (Å²) in [7, 11) is 0. The van der Waals surface area contributed by atoms with Gasteiger partial charge in [0.05, 0.1) is 15.6 Å². The minimum Gasteiger partial charge on any atom is -0.369 e. The molecule has 5 rings (SSSR count). The maximum absolute atomic E-state index is 12.0. The number of nitrogens with zero attached hydrogens (tertiary/aromatic N) is 2. The number of primary amides is 1. The van der Waals surface area contributed by atoms with E-state index >= 15 is 0 Å². The van der Waals surface area contributed by atoms with E-state index in [0.717, 1.165) is 12.0 Å². The van der Waals surface area contributed by atoms with Crippen LogP contribution in [0.3, 0.4) is 0 Å². The Bertz CT molecular complexity index is 1220. The van der Waals surface area contributed by atoms with E-state index in [9.17, 15) is 4.79 Å². The average molecular weight is 440 g/mol. The van der Waals surface area contributed by atoms with E-state index < -0.39 is 0 Å². The standard InChI is InChI=1S/C22H19Cl2N5O/c23-14-4-2-1-3-12(14)21-28-19-18(15(24)9-27-22(19)29-21)16(25)8-13-10-5-6-11(7-10)17(13)20(26)30/h1-6,9-11,13,17,25H,7-8H2,(H2,26,30)(H,27,28,29). The number of carbonyl (C=O) groups excluding carboxylic acids is 1. The molecule has 4 N–H and O–H groups in total. The number of nitrogens with two attached hydrogens (primary N) is 1. The van der Waals surface area contributed by atoms with Crippen LogP contribution in [0, 0.1) is 29.1 Å². The van der Waals surface area contributed by atoms with Crippen molar-refractivity contribution in [3.05, 3.63) is 58.2 Å². The number of amides is 1. The van der Waals surface area contributed by atoms with Crippen LogP contribution < -0.4 is 5.73 Å². The molecular weight excluding hydrogens is 421 g/mol. The highest BCUT2D eigenvalue weighted by atomic mass is 35.5. The van der Waals surface area contributed by atoms with Gasteiger partial charge in [0.25, 0.3) is 0 Å². The lowest BCUT2D eigenvalue weighted by atomic mass is 9.78. The lowest BCUT2D eigenvalue weighted by molar-refractivity contribution is -0.123. The van der Waals surface area contributed by atoms with Crippen molar-refractivity contribution in [2.24, 2.45) is 29.4 Å². The van der Waals surface area contributed by atoms with Gasteiger partial charge in [-0.1, -0.05) is 47.5 Å². The molecule has 1 saturated carbocycles. The number of imidazole rings is 1. The van der Waals surface area contributed by atoms with Crippen molar-refractivity contribution in [1.29, 1.82) is 5.41 Å². The summed E-state index contributed by atoms with van der Waals surface area (Å²) in [5.41, 5.74) is 8.40. The second kappa shape index (κ2) is 7.22. The van der Waals surface area contributed by atoms with Crippen molar-refractivity contribution in [3.63, 3.8) is 0 Å². The Morgan fingerprint density at radius 2 is 1.97 bits per heavy atom. The quantitative estimate of drug-likeness (QED) is 0.398. The monoisotopic (exact) mass is 439 g/mol. The molecule has 2 aliphatic carbocycles. The molecule has 3 aromatic rings. The van der Waals surface area contributed by atoms with Crippen LogP contribution in [0.2, 0.25) is 10.0 Å². The minimum atomic E-state index is -0.293. The van der Waals surface area contributed by atoms with Crippen LogP contribution >= 0.6 is 23.2 Å². The Hall–Kier alpha value is -2.70. The summed E-state index contributed by atoms with van der Waals surface area (Å²) in [6.45, 7) is 0. The number of halogens is 2. The van der Waals surface area contributed by atoms with Crippen LogP contribution in [0.25, 0.3) is 22.6 Å². The minimum absolute atomic E-state index is 0.00948. The summed E-state index contributed by atoms with van der Waals surface area (Å²) in [6, 6.07) is 7.39. The van der Waals surface area contributed by atoms with Crippen LogP contribution in [0.15, 0.2) is 42.6 Å². The molecule has 0 spiro atoms. The first-order chi connectivity index (χ1) is 14.4. The maximum Gasteiger partial charge on any atom is 0.221 e. The summed E-state index contributed by atoms with van der Waals surface area (Å²) < 4.78 is 0. The van der Waals surface area contributed by atoms with Gasteiger partial charge in [-0.3, -0.25) is 4.79 Å². The predicted octanol–water partition coefficient (Wildman–Crippen LogP) is 4.61. The highest BCUT2D eigenvalue weighted by Gasteiger charge is 2.47. The average Bonchev–Trinajstić information content (AvgIpc) is 3.42. The number of pyridine rings is 1. The second-order valence-electron chi connectivity index (χ2n) is 7.97. The number of rotatable bonds is 5. The van der Waals surface area contributed by atoms with Crippen molar-refractivity contribution in [3.8, 4) is 11.4 Å². The van der Waals surface area contributed by atoms with Crippen LogP contribution in [0.1, 0.15) is 18.4 Å². The van der Waals surface area contributed by atoms with Crippen molar-refractivity contribution in [2.75, 3.05) is 0 Å². The van der Waals surface area contributed by atoms with E-state index in [1.54, 1.807) is 6.07 Å². The van der Waals surface area contributed by atoms with Gasteiger partial charge < -0.3 is 16.1 Å². The van der Waals surface area contributed by atoms with E-state index in [1.165, 1.54) is 6.20 Å². The SMILES string of the molecule is N=C(CC1C2C=CC(C2)C1C(N)=O)c1c(Cl)cnc2nc(-c3ccccc3Cl)[nH]c12. The van der Waals surface area contributed by atoms with Crippen LogP contribution in [-0.4, -0.2) is 26.6 Å². The maximum atomic E-state index is 12.0. The molecule has 8 heteroatoms. The van der Waals surface area contributed by atoms with Crippen LogP contribution in [-0.2, 0) is 4.79 Å². The zero-order valence-electron chi connectivity index (χ0n) is 15.9. The largest absolute Gasteiger partial charge is 0.369 e. The van der Waals surface area contributed by atoms with Crippen LogP contribution in [0.4, 0.5) is 0 Å². The van der Waals surface area contributed by atoms with Gasteiger partial charge in [-0.15, -0.1) is 0 Å². The molecule has 0 aliphatic heterocycles. The molecule has 4 unspecified atom stereocenters. The fourth-order valence-electron chi connectivity index (χ4n) is 4.97. The molecule has 2 aromatic heterocycles. The molecule has 1 aromatic carbocycles. The Morgan fingerprint density at radius 1 is 1.20 bits per heavy atom. The molecule has 2 bridgehead atoms. The van der Waals surface area contributed by atoms with Crippen molar-refractivity contribution in [1.82, 2.24) is 15.0 Å². The Labute approximate surface area is 183 Å². The van der Waals surface area contributed by atoms with Gasteiger partial charge in [0.15, 0.2) is 5.65 Å². The van der Waals surface area contributed by atoms with Crippen molar-refractivity contribution >= 4 is 46.0 Å². The third-order valence-corrected chi connectivity index (χ3v) is 6.91. The number of aromatic nitrogens is 3. The van der Waals surface area contributed by atoms with Crippen LogP contribution in [0.5, 0.6) is 0 Å². The van der Waals surface area contributed by atoms with Gasteiger partial charge in [-0.25, -0.2) is 9.97 Å². The zero-order valence-corrected chi connectivity index (χ0v) is 17.4. The molecule has 152 valence electrons. The molecule has 2 heterocycles. The van der Waals surface area contributed by atoms with E-state index in [0.29, 0.717) is 44.7 Å². The van der Waals surface area contributed by atoms with Gasteiger partial charge in [0.2, 0.25) is 5.91 Å². The highest BCUT2D eigenvalue weighted by Crippen LogP contribution is 2.49. The number of H-pyrrole nitrogens is 1.